The molecule has 0 atom stereocenters. The van der Waals surface area contributed by atoms with Gasteiger partial charge in [0.15, 0.2) is 11.8 Å². The highest BCUT2D eigenvalue weighted by Gasteiger charge is 2.07. The van der Waals surface area contributed by atoms with Crippen molar-refractivity contribution in [2.75, 3.05) is 13.2 Å². The van der Waals surface area contributed by atoms with Gasteiger partial charge >= 0.3 is 0 Å². The number of nitrogens with zero attached hydrogens (tertiary/aromatic N) is 2. The van der Waals surface area contributed by atoms with Crippen molar-refractivity contribution in [1.82, 2.24) is 5.32 Å². The molecule has 0 radical (unpaired) electrons. The summed E-state index contributed by atoms with van der Waals surface area (Å²) < 4.78 is 6.57. The van der Waals surface area contributed by atoms with E-state index in [4.69, 9.17) is 10.5 Å². The van der Waals surface area contributed by atoms with Gasteiger partial charge in [-0.25, -0.2) is 0 Å². The van der Waals surface area contributed by atoms with E-state index in [0.717, 1.165) is 22.2 Å². The number of rotatable bonds is 10. The molecule has 0 unspecified atom stereocenters. The minimum absolute atomic E-state index is 0.0877. The molecule has 3 aromatic carbocycles. The number of hydrogen-bond acceptors (Lipinski definition) is 5. The minimum atomic E-state index is -0.184. The fraction of sp³-hybridized carbons (Fsp3) is 0.160. The van der Waals surface area contributed by atoms with Gasteiger partial charge in [0, 0.05) is 22.3 Å². The lowest BCUT2D eigenvalue weighted by Gasteiger charge is -2.10. The van der Waals surface area contributed by atoms with Crippen molar-refractivity contribution in [3.05, 3.63) is 100 Å². The molecule has 0 aromatic heterocycles. The van der Waals surface area contributed by atoms with Crippen LogP contribution in [0.3, 0.4) is 0 Å². The number of carbonyl (C=O) groups excluding carboxylic acids is 1. The Kier molecular flexibility index (Phi) is 10.0. The van der Waals surface area contributed by atoms with E-state index in [1.807, 2.05) is 72.8 Å². The maximum absolute atomic E-state index is 12.2. The number of carbonyl (C=O) groups is 1. The molecule has 0 bridgehead atoms. The van der Waals surface area contributed by atoms with Gasteiger partial charge in [0.2, 0.25) is 0 Å². The van der Waals surface area contributed by atoms with E-state index in [1.165, 1.54) is 17.3 Å². The van der Waals surface area contributed by atoms with Crippen LogP contribution in [0.15, 0.2) is 93.5 Å². The van der Waals surface area contributed by atoms with Crippen molar-refractivity contribution in [2.24, 2.45) is 15.9 Å². The quantitative estimate of drug-likeness (QED) is 0.227. The standard InChI is InChI=1S/C25H25BrN4O2S/c26-22-11-12-23(32-17-24(31)28-14-13-19-7-3-1-4-8-19)21(15-22)16-29-30-25(27)33-18-20-9-5-2-6-10-20/h1-12,15-16H,13-14,17-18H2,(H2,27,30)(H,28,31). The molecular weight excluding hydrogens is 500 g/mol. The highest BCUT2D eigenvalue weighted by Crippen LogP contribution is 2.22. The van der Waals surface area contributed by atoms with Crippen molar-refractivity contribution in [1.29, 1.82) is 0 Å². The Labute approximate surface area is 206 Å². The zero-order chi connectivity index (χ0) is 23.3. The van der Waals surface area contributed by atoms with Crippen molar-refractivity contribution >= 4 is 45.0 Å². The van der Waals surface area contributed by atoms with E-state index in [9.17, 15) is 4.79 Å². The van der Waals surface area contributed by atoms with Crippen LogP contribution < -0.4 is 15.8 Å². The number of thioether (sulfide) groups is 1. The fourth-order valence-corrected chi connectivity index (χ4v) is 3.84. The van der Waals surface area contributed by atoms with E-state index in [2.05, 4.69) is 31.4 Å². The molecule has 0 saturated carbocycles. The first-order valence-corrected chi connectivity index (χ1v) is 12.1. The van der Waals surface area contributed by atoms with Crippen LogP contribution in [-0.2, 0) is 17.0 Å². The minimum Gasteiger partial charge on any atom is -0.483 e. The van der Waals surface area contributed by atoms with E-state index in [-0.39, 0.29) is 12.5 Å². The molecular formula is C25H25BrN4O2S. The van der Waals surface area contributed by atoms with Gasteiger partial charge in [0.25, 0.3) is 5.91 Å². The zero-order valence-corrected chi connectivity index (χ0v) is 20.4. The molecule has 33 heavy (non-hydrogen) atoms. The Hall–Kier alpha value is -3.10. The summed E-state index contributed by atoms with van der Waals surface area (Å²) in [5.74, 6) is 1.07. The molecule has 3 N–H and O–H groups in total. The number of amidine groups is 1. The van der Waals surface area contributed by atoms with Crippen molar-refractivity contribution in [3.8, 4) is 5.75 Å². The number of hydrogen-bond donors (Lipinski definition) is 2. The monoisotopic (exact) mass is 524 g/mol. The first-order valence-electron chi connectivity index (χ1n) is 10.4. The average molecular weight is 525 g/mol. The SMILES string of the molecule is NC(=NN=Cc1cc(Br)ccc1OCC(=O)NCCc1ccccc1)SCc1ccccc1. The van der Waals surface area contributed by atoms with Gasteiger partial charge in [0.05, 0.1) is 6.21 Å². The van der Waals surface area contributed by atoms with Gasteiger partial charge < -0.3 is 15.8 Å². The van der Waals surface area contributed by atoms with Crippen LogP contribution in [0.4, 0.5) is 0 Å². The van der Waals surface area contributed by atoms with E-state index in [1.54, 1.807) is 12.3 Å². The highest BCUT2D eigenvalue weighted by molar-refractivity contribution is 9.10. The van der Waals surface area contributed by atoms with Crippen LogP contribution in [0, 0.1) is 0 Å². The molecule has 3 aromatic rings. The zero-order valence-electron chi connectivity index (χ0n) is 18.0. The van der Waals surface area contributed by atoms with Gasteiger partial charge in [-0.2, -0.15) is 5.10 Å². The summed E-state index contributed by atoms with van der Waals surface area (Å²) in [6.45, 7) is 0.463. The summed E-state index contributed by atoms with van der Waals surface area (Å²) in [7, 11) is 0. The molecule has 0 aliphatic rings. The van der Waals surface area contributed by atoms with Crippen molar-refractivity contribution in [2.45, 2.75) is 12.2 Å². The Morgan fingerprint density at radius 2 is 1.73 bits per heavy atom. The van der Waals surface area contributed by atoms with Gasteiger partial charge in [-0.3, -0.25) is 4.79 Å². The van der Waals surface area contributed by atoms with Crippen LogP contribution >= 0.6 is 27.7 Å². The smallest absolute Gasteiger partial charge is 0.257 e. The van der Waals surface area contributed by atoms with Crippen LogP contribution in [-0.4, -0.2) is 30.4 Å². The maximum Gasteiger partial charge on any atom is 0.257 e. The summed E-state index contributed by atoms with van der Waals surface area (Å²) in [6.07, 6.45) is 2.33. The Bertz CT molecular complexity index is 1090. The van der Waals surface area contributed by atoms with Crippen molar-refractivity contribution < 1.29 is 9.53 Å². The Balaban J connectivity index is 1.50. The second kappa shape index (κ2) is 13.4. The number of nitrogens with one attached hydrogen (secondary N) is 1. The predicted molar refractivity (Wildman–Crippen MR) is 140 cm³/mol. The third kappa shape index (κ3) is 9.11. The molecule has 3 rings (SSSR count). The largest absolute Gasteiger partial charge is 0.483 e. The van der Waals surface area contributed by atoms with Crippen LogP contribution in [0.1, 0.15) is 16.7 Å². The number of nitrogens with two attached hydrogens (primary N) is 1. The second-order valence-corrected chi connectivity index (χ2v) is 8.92. The van der Waals surface area contributed by atoms with E-state index < -0.39 is 0 Å². The molecule has 0 aliphatic heterocycles. The van der Waals surface area contributed by atoms with Crippen molar-refractivity contribution in [3.63, 3.8) is 0 Å². The third-order valence-corrected chi connectivity index (χ3v) is 5.84. The summed E-state index contributed by atoms with van der Waals surface area (Å²) in [5.41, 5.74) is 8.97. The molecule has 0 aliphatic carbocycles. The van der Waals surface area contributed by atoms with Crippen LogP contribution in [0.5, 0.6) is 5.75 Å². The van der Waals surface area contributed by atoms with Crippen LogP contribution in [0.2, 0.25) is 0 Å². The molecule has 0 fully saturated rings. The molecule has 6 nitrogen and oxygen atoms in total. The highest BCUT2D eigenvalue weighted by atomic mass is 79.9. The number of halogens is 1. The van der Waals surface area contributed by atoms with Crippen LogP contribution in [0.25, 0.3) is 0 Å². The van der Waals surface area contributed by atoms with E-state index >= 15 is 0 Å². The molecule has 1 amide bonds. The molecule has 8 heteroatoms. The van der Waals surface area contributed by atoms with E-state index in [0.29, 0.717) is 23.0 Å². The average Bonchev–Trinajstić information content (AvgIpc) is 2.83. The summed E-state index contributed by atoms with van der Waals surface area (Å²) in [5, 5.41) is 11.4. The van der Waals surface area contributed by atoms with Gasteiger partial charge in [0.1, 0.15) is 5.75 Å². The molecule has 0 heterocycles. The lowest BCUT2D eigenvalue weighted by Crippen LogP contribution is -2.30. The number of amides is 1. The molecule has 0 saturated heterocycles. The number of ether oxygens (including phenoxy) is 1. The summed E-state index contributed by atoms with van der Waals surface area (Å²) in [4.78, 5) is 12.2. The first kappa shape index (κ1) is 24.5. The lowest BCUT2D eigenvalue weighted by molar-refractivity contribution is -0.123. The predicted octanol–water partition coefficient (Wildman–Crippen LogP) is 4.77. The van der Waals surface area contributed by atoms with Gasteiger partial charge in [-0.1, -0.05) is 88.4 Å². The fourth-order valence-electron chi connectivity index (χ4n) is 2.85. The maximum atomic E-state index is 12.2. The second-order valence-electron chi connectivity index (χ2n) is 7.01. The molecule has 170 valence electrons. The number of benzene rings is 3. The Morgan fingerprint density at radius 1 is 1.03 bits per heavy atom. The first-order chi connectivity index (χ1) is 16.1. The summed E-state index contributed by atoms with van der Waals surface area (Å²) in [6, 6.07) is 25.5. The molecule has 0 spiro atoms. The lowest BCUT2D eigenvalue weighted by atomic mass is 10.1. The van der Waals surface area contributed by atoms with Gasteiger partial charge in [-0.15, -0.1) is 5.10 Å². The summed E-state index contributed by atoms with van der Waals surface area (Å²) >= 11 is 4.86. The topological polar surface area (TPSA) is 89.1 Å². The van der Waals surface area contributed by atoms with Gasteiger partial charge in [-0.05, 0) is 35.7 Å². The normalized spacial score (nSPS) is 11.5. The third-order valence-electron chi connectivity index (χ3n) is 4.49. The Morgan fingerprint density at radius 3 is 2.45 bits per heavy atom.